The molecule has 1 saturated carbocycles. The Labute approximate surface area is 129 Å². The minimum absolute atomic E-state index is 0.436. The van der Waals surface area contributed by atoms with E-state index in [1.54, 1.807) is 7.11 Å². The smallest absolute Gasteiger partial charge is 0.119 e. The van der Waals surface area contributed by atoms with Crippen LogP contribution in [0.1, 0.15) is 37.3 Å². The second-order valence-corrected chi connectivity index (χ2v) is 6.79. The van der Waals surface area contributed by atoms with E-state index in [2.05, 4.69) is 33.0 Å². The molecule has 0 bridgehead atoms. The molecule has 2 atom stereocenters. The Kier molecular flexibility index (Phi) is 4.34. The van der Waals surface area contributed by atoms with Crippen LogP contribution in [0, 0.1) is 5.92 Å². The zero-order chi connectivity index (χ0) is 14.1. The van der Waals surface area contributed by atoms with Crippen molar-refractivity contribution in [1.82, 2.24) is 4.90 Å². The van der Waals surface area contributed by atoms with Gasteiger partial charge < -0.3 is 10.5 Å². The Morgan fingerprint density at radius 2 is 2.15 bits per heavy atom. The zero-order valence-corrected chi connectivity index (χ0v) is 13.6. The zero-order valence-electron chi connectivity index (χ0n) is 12.0. The van der Waals surface area contributed by atoms with Gasteiger partial charge in [0.05, 0.1) is 7.11 Å². The highest BCUT2D eigenvalue weighted by atomic mass is 79.9. The van der Waals surface area contributed by atoms with Crippen molar-refractivity contribution in [3.05, 3.63) is 28.2 Å². The third kappa shape index (κ3) is 2.74. The third-order valence-electron chi connectivity index (χ3n) is 4.64. The maximum absolute atomic E-state index is 6.06. The molecule has 2 unspecified atom stereocenters. The van der Waals surface area contributed by atoms with E-state index in [1.165, 1.54) is 42.3 Å². The normalized spacial score (nSPS) is 27.6. The molecule has 0 aromatic heterocycles. The van der Waals surface area contributed by atoms with Crippen LogP contribution in [0.5, 0.6) is 5.75 Å². The van der Waals surface area contributed by atoms with Crippen molar-refractivity contribution >= 4 is 15.9 Å². The van der Waals surface area contributed by atoms with Gasteiger partial charge in [0.1, 0.15) is 5.75 Å². The van der Waals surface area contributed by atoms with Gasteiger partial charge in [-0.3, -0.25) is 4.90 Å². The van der Waals surface area contributed by atoms with E-state index in [0.29, 0.717) is 12.0 Å². The number of nitrogens with two attached hydrogens (primary N) is 1. The SMILES string of the molecule is COc1ccc(Br)c(C2C(CN)CCCN2C2CC2)c1. The largest absolute Gasteiger partial charge is 0.497 e. The summed E-state index contributed by atoms with van der Waals surface area (Å²) >= 11 is 3.73. The van der Waals surface area contributed by atoms with Gasteiger partial charge in [-0.25, -0.2) is 0 Å². The number of hydrogen-bond donors (Lipinski definition) is 1. The summed E-state index contributed by atoms with van der Waals surface area (Å²) in [5.74, 6) is 1.48. The lowest BCUT2D eigenvalue weighted by Crippen LogP contribution is -2.42. The summed E-state index contributed by atoms with van der Waals surface area (Å²) in [5.41, 5.74) is 7.40. The molecule has 110 valence electrons. The first-order chi connectivity index (χ1) is 9.74. The Morgan fingerprint density at radius 1 is 1.35 bits per heavy atom. The number of rotatable bonds is 4. The fourth-order valence-electron chi connectivity index (χ4n) is 3.47. The predicted molar refractivity (Wildman–Crippen MR) is 84.9 cm³/mol. The van der Waals surface area contributed by atoms with Crippen LogP contribution in [-0.4, -0.2) is 31.1 Å². The Morgan fingerprint density at radius 3 is 2.80 bits per heavy atom. The van der Waals surface area contributed by atoms with E-state index in [9.17, 15) is 0 Å². The second-order valence-electron chi connectivity index (χ2n) is 5.94. The van der Waals surface area contributed by atoms with Crippen LogP contribution in [0.4, 0.5) is 0 Å². The molecule has 1 heterocycles. The molecule has 1 aromatic carbocycles. The molecule has 0 amide bonds. The van der Waals surface area contributed by atoms with Gasteiger partial charge in [-0.2, -0.15) is 0 Å². The van der Waals surface area contributed by atoms with Gasteiger partial charge in [-0.15, -0.1) is 0 Å². The number of ether oxygens (including phenoxy) is 1. The standard InChI is InChI=1S/C16H23BrN2O/c1-20-13-6-7-15(17)14(9-13)16-11(10-18)3-2-8-19(16)12-4-5-12/h6-7,9,11-12,16H,2-5,8,10,18H2,1H3. The van der Waals surface area contributed by atoms with Crippen molar-refractivity contribution < 1.29 is 4.74 Å². The first-order valence-electron chi connectivity index (χ1n) is 7.54. The lowest BCUT2D eigenvalue weighted by Gasteiger charge is -2.42. The Bertz CT molecular complexity index is 476. The number of halogens is 1. The topological polar surface area (TPSA) is 38.5 Å². The fraction of sp³-hybridized carbons (Fsp3) is 0.625. The molecule has 4 heteroatoms. The van der Waals surface area contributed by atoms with Gasteiger partial charge in [0.15, 0.2) is 0 Å². The Balaban J connectivity index is 1.97. The van der Waals surface area contributed by atoms with Crippen LogP contribution in [-0.2, 0) is 0 Å². The summed E-state index contributed by atoms with van der Waals surface area (Å²) in [6, 6.07) is 7.49. The number of nitrogens with zero attached hydrogens (tertiary/aromatic N) is 1. The highest BCUT2D eigenvalue weighted by Crippen LogP contribution is 2.45. The van der Waals surface area contributed by atoms with Crippen molar-refractivity contribution in [2.45, 2.75) is 37.8 Å². The van der Waals surface area contributed by atoms with Crippen molar-refractivity contribution in [2.24, 2.45) is 11.7 Å². The van der Waals surface area contributed by atoms with Crippen LogP contribution in [0.3, 0.4) is 0 Å². The van der Waals surface area contributed by atoms with E-state index in [1.807, 2.05) is 6.07 Å². The Hall–Kier alpha value is -0.580. The monoisotopic (exact) mass is 338 g/mol. The number of benzene rings is 1. The molecule has 2 N–H and O–H groups in total. The highest BCUT2D eigenvalue weighted by molar-refractivity contribution is 9.10. The van der Waals surface area contributed by atoms with Gasteiger partial charge in [0, 0.05) is 16.6 Å². The summed E-state index contributed by atoms with van der Waals surface area (Å²) in [6.07, 6.45) is 5.19. The summed E-state index contributed by atoms with van der Waals surface area (Å²) < 4.78 is 6.59. The van der Waals surface area contributed by atoms with E-state index < -0.39 is 0 Å². The van der Waals surface area contributed by atoms with Crippen LogP contribution < -0.4 is 10.5 Å². The first kappa shape index (κ1) is 14.4. The molecule has 2 aliphatic rings. The summed E-state index contributed by atoms with van der Waals surface area (Å²) in [7, 11) is 1.73. The molecule has 1 aliphatic heterocycles. The molecular formula is C16H23BrN2O. The predicted octanol–water partition coefficient (Wildman–Crippen LogP) is 3.33. The molecule has 1 aromatic rings. The minimum atomic E-state index is 0.436. The second kappa shape index (κ2) is 6.04. The average molecular weight is 339 g/mol. The van der Waals surface area contributed by atoms with E-state index in [-0.39, 0.29) is 0 Å². The lowest BCUT2D eigenvalue weighted by atomic mass is 9.84. The van der Waals surface area contributed by atoms with Crippen LogP contribution >= 0.6 is 15.9 Å². The van der Waals surface area contributed by atoms with Gasteiger partial charge in [-0.05, 0) is 68.5 Å². The molecule has 3 rings (SSSR count). The quantitative estimate of drug-likeness (QED) is 0.914. The number of methoxy groups -OCH3 is 1. The number of likely N-dealkylation sites (tertiary alicyclic amines) is 1. The van der Waals surface area contributed by atoms with Gasteiger partial charge in [-0.1, -0.05) is 15.9 Å². The summed E-state index contributed by atoms with van der Waals surface area (Å²) in [5, 5.41) is 0. The van der Waals surface area contributed by atoms with E-state index >= 15 is 0 Å². The molecule has 2 fully saturated rings. The van der Waals surface area contributed by atoms with Crippen LogP contribution in [0.25, 0.3) is 0 Å². The maximum Gasteiger partial charge on any atom is 0.119 e. The summed E-state index contributed by atoms with van der Waals surface area (Å²) in [4.78, 5) is 2.68. The lowest BCUT2D eigenvalue weighted by molar-refractivity contribution is 0.0873. The first-order valence-corrected chi connectivity index (χ1v) is 8.33. The summed E-state index contributed by atoms with van der Waals surface area (Å²) in [6.45, 7) is 1.97. The molecule has 3 nitrogen and oxygen atoms in total. The van der Waals surface area contributed by atoms with E-state index in [0.717, 1.165) is 18.3 Å². The fourth-order valence-corrected chi connectivity index (χ4v) is 3.96. The molecular weight excluding hydrogens is 316 g/mol. The highest BCUT2D eigenvalue weighted by Gasteiger charge is 2.40. The third-order valence-corrected chi connectivity index (χ3v) is 5.36. The van der Waals surface area contributed by atoms with Crippen molar-refractivity contribution in [3.63, 3.8) is 0 Å². The average Bonchev–Trinajstić information content (AvgIpc) is 3.31. The van der Waals surface area contributed by atoms with Crippen LogP contribution in [0.15, 0.2) is 22.7 Å². The minimum Gasteiger partial charge on any atom is -0.497 e. The number of hydrogen-bond acceptors (Lipinski definition) is 3. The van der Waals surface area contributed by atoms with Gasteiger partial charge in [0.2, 0.25) is 0 Å². The molecule has 1 aliphatic carbocycles. The van der Waals surface area contributed by atoms with Crippen molar-refractivity contribution in [1.29, 1.82) is 0 Å². The van der Waals surface area contributed by atoms with Gasteiger partial charge >= 0.3 is 0 Å². The van der Waals surface area contributed by atoms with Crippen molar-refractivity contribution in [3.8, 4) is 5.75 Å². The van der Waals surface area contributed by atoms with Gasteiger partial charge in [0.25, 0.3) is 0 Å². The van der Waals surface area contributed by atoms with Crippen molar-refractivity contribution in [2.75, 3.05) is 20.2 Å². The van der Waals surface area contributed by atoms with Crippen LogP contribution in [0.2, 0.25) is 0 Å². The maximum atomic E-state index is 6.06. The molecule has 1 saturated heterocycles. The van der Waals surface area contributed by atoms with E-state index in [4.69, 9.17) is 10.5 Å². The molecule has 0 radical (unpaired) electrons. The number of piperidine rings is 1. The molecule has 20 heavy (non-hydrogen) atoms. The molecule has 0 spiro atoms.